The molecule has 1 atom stereocenters. The molecule has 9 heteroatoms. The van der Waals surface area contributed by atoms with E-state index in [1.165, 1.54) is 40.5 Å². The summed E-state index contributed by atoms with van der Waals surface area (Å²) in [5, 5.41) is 11.6. The maximum atomic E-state index is 13.6. The van der Waals surface area contributed by atoms with E-state index in [0.717, 1.165) is 10.3 Å². The zero-order chi connectivity index (χ0) is 28.5. The van der Waals surface area contributed by atoms with Crippen LogP contribution in [0, 0.1) is 5.82 Å². The van der Waals surface area contributed by atoms with Gasteiger partial charge in [-0.3, -0.25) is 14.5 Å². The van der Waals surface area contributed by atoms with Gasteiger partial charge in [-0.05, 0) is 65.7 Å². The molecule has 1 unspecified atom stereocenters. The van der Waals surface area contributed by atoms with Crippen LogP contribution in [0.25, 0.3) is 16.0 Å². The van der Waals surface area contributed by atoms with Crippen molar-refractivity contribution in [2.24, 2.45) is 0 Å². The molecule has 1 saturated heterocycles. The number of fused-ring (bicyclic) bond motifs is 1. The Morgan fingerprint density at radius 2 is 1.73 bits per heavy atom. The number of hydrogen-bond donors (Lipinski definition) is 1. The third-order valence-electron chi connectivity index (χ3n) is 6.77. The van der Waals surface area contributed by atoms with Crippen LogP contribution < -0.4 is 14.4 Å². The number of aromatic nitrogens is 1. The number of halogens is 1. The maximum Gasteiger partial charge on any atom is 0.301 e. The highest BCUT2D eigenvalue weighted by atomic mass is 32.1. The molecular formula is C32H23FN2O5S. The Balaban J connectivity index is 1.47. The first kappa shape index (κ1) is 26.2. The number of Topliss-reactive ketones (excluding diaryl/α,β-unsaturated/α-hetero) is 1. The summed E-state index contributed by atoms with van der Waals surface area (Å²) >= 11 is 1.23. The van der Waals surface area contributed by atoms with Crippen LogP contribution in [-0.2, 0) is 16.2 Å². The van der Waals surface area contributed by atoms with E-state index in [2.05, 4.69) is 4.98 Å². The SMILES string of the molecule is COc1ccc2nc(N3C(=O)C(=O)/C(=C(/O)c4ccc(F)cc4)C3c3cccc(OCc4ccccc4)c3)sc2c1. The first-order valence-electron chi connectivity index (χ1n) is 12.7. The number of thiazole rings is 1. The number of ketones is 1. The van der Waals surface area contributed by atoms with Crippen molar-refractivity contribution in [2.45, 2.75) is 12.6 Å². The number of amides is 1. The molecule has 0 spiro atoms. The first-order chi connectivity index (χ1) is 19.9. The average molecular weight is 567 g/mol. The van der Waals surface area contributed by atoms with Crippen molar-refractivity contribution in [3.8, 4) is 11.5 Å². The van der Waals surface area contributed by atoms with E-state index in [0.29, 0.717) is 29.2 Å². The summed E-state index contributed by atoms with van der Waals surface area (Å²) in [4.78, 5) is 33.0. The van der Waals surface area contributed by atoms with E-state index in [4.69, 9.17) is 9.47 Å². The minimum atomic E-state index is -1.01. The van der Waals surface area contributed by atoms with Crippen LogP contribution in [0.2, 0.25) is 0 Å². The highest BCUT2D eigenvalue weighted by Crippen LogP contribution is 2.45. The highest BCUT2D eigenvalue weighted by Gasteiger charge is 2.48. The van der Waals surface area contributed by atoms with E-state index in [1.54, 1.807) is 49.6 Å². The van der Waals surface area contributed by atoms with Crippen LogP contribution >= 0.6 is 11.3 Å². The van der Waals surface area contributed by atoms with Crippen LogP contribution in [0.5, 0.6) is 11.5 Å². The van der Waals surface area contributed by atoms with Gasteiger partial charge in [-0.25, -0.2) is 9.37 Å². The second-order valence-electron chi connectivity index (χ2n) is 9.35. The number of aliphatic hydroxyl groups excluding tert-OH is 1. The van der Waals surface area contributed by atoms with Gasteiger partial charge in [0.15, 0.2) is 5.13 Å². The van der Waals surface area contributed by atoms with Gasteiger partial charge in [-0.1, -0.05) is 53.8 Å². The normalized spacial score (nSPS) is 16.3. The van der Waals surface area contributed by atoms with Crippen molar-refractivity contribution < 1.29 is 28.6 Å². The molecule has 1 N–H and O–H groups in total. The van der Waals surface area contributed by atoms with Gasteiger partial charge in [0.1, 0.15) is 29.7 Å². The summed E-state index contributed by atoms with van der Waals surface area (Å²) in [5.74, 6) is -1.45. The maximum absolute atomic E-state index is 13.6. The number of hydrogen-bond acceptors (Lipinski definition) is 7. The zero-order valence-corrected chi connectivity index (χ0v) is 22.6. The Morgan fingerprint density at radius 1 is 0.951 bits per heavy atom. The van der Waals surface area contributed by atoms with Crippen LogP contribution in [-0.4, -0.2) is 28.9 Å². The Hall–Kier alpha value is -5.02. The predicted molar refractivity (Wildman–Crippen MR) is 155 cm³/mol. The molecule has 41 heavy (non-hydrogen) atoms. The Labute approximate surface area is 238 Å². The molecule has 0 radical (unpaired) electrons. The third kappa shape index (κ3) is 5.03. The van der Waals surface area contributed by atoms with Crippen molar-refractivity contribution in [3.05, 3.63) is 125 Å². The van der Waals surface area contributed by atoms with Gasteiger partial charge in [-0.2, -0.15) is 0 Å². The largest absolute Gasteiger partial charge is 0.507 e. The number of carbonyl (C=O) groups is 2. The Bertz CT molecular complexity index is 1800. The molecule has 1 aliphatic heterocycles. The highest BCUT2D eigenvalue weighted by molar-refractivity contribution is 7.22. The molecule has 0 aliphatic carbocycles. The summed E-state index contributed by atoms with van der Waals surface area (Å²) in [6, 6.07) is 26.1. The fourth-order valence-electron chi connectivity index (χ4n) is 4.75. The van der Waals surface area contributed by atoms with Gasteiger partial charge in [0.25, 0.3) is 5.78 Å². The molecule has 1 amide bonds. The minimum Gasteiger partial charge on any atom is -0.507 e. The van der Waals surface area contributed by atoms with Crippen molar-refractivity contribution in [1.82, 2.24) is 4.98 Å². The number of methoxy groups -OCH3 is 1. The lowest BCUT2D eigenvalue weighted by molar-refractivity contribution is -0.132. The summed E-state index contributed by atoms with van der Waals surface area (Å²) < 4.78 is 25.7. The molecule has 0 saturated carbocycles. The van der Waals surface area contributed by atoms with Crippen LogP contribution in [0.15, 0.2) is 103 Å². The van der Waals surface area contributed by atoms with Crippen molar-refractivity contribution in [3.63, 3.8) is 0 Å². The van der Waals surface area contributed by atoms with Gasteiger partial charge in [-0.15, -0.1) is 0 Å². The van der Waals surface area contributed by atoms with Gasteiger partial charge >= 0.3 is 5.91 Å². The van der Waals surface area contributed by atoms with Crippen molar-refractivity contribution >= 4 is 44.1 Å². The molecule has 1 aliphatic rings. The molecule has 5 aromatic rings. The molecule has 2 heterocycles. The third-order valence-corrected chi connectivity index (χ3v) is 7.79. The molecule has 6 rings (SSSR count). The number of carbonyl (C=O) groups excluding carboxylic acids is 2. The quantitative estimate of drug-likeness (QED) is 0.135. The molecule has 204 valence electrons. The number of aliphatic hydroxyl groups is 1. The van der Waals surface area contributed by atoms with E-state index >= 15 is 0 Å². The zero-order valence-electron chi connectivity index (χ0n) is 21.8. The molecule has 1 fully saturated rings. The lowest BCUT2D eigenvalue weighted by Gasteiger charge is -2.23. The van der Waals surface area contributed by atoms with Gasteiger partial charge in [0.2, 0.25) is 0 Å². The fraction of sp³-hybridized carbons (Fsp3) is 0.0938. The molecule has 1 aromatic heterocycles. The van der Waals surface area contributed by atoms with Crippen LogP contribution in [0.4, 0.5) is 9.52 Å². The molecule has 4 aromatic carbocycles. The van der Waals surface area contributed by atoms with Crippen LogP contribution in [0.3, 0.4) is 0 Å². The van der Waals surface area contributed by atoms with E-state index in [-0.39, 0.29) is 16.3 Å². The number of benzene rings is 4. The monoisotopic (exact) mass is 566 g/mol. The lowest BCUT2D eigenvalue weighted by Crippen LogP contribution is -2.29. The molecule has 7 nitrogen and oxygen atoms in total. The fourth-order valence-corrected chi connectivity index (χ4v) is 5.77. The average Bonchev–Trinajstić information content (AvgIpc) is 3.54. The summed E-state index contributed by atoms with van der Waals surface area (Å²) in [6.45, 7) is 0.319. The molecular weight excluding hydrogens is 543 g/mol. The number of rotatable bonds is 7. The van der Waals surface area contributed by atoms with Gasteiger partial charge in [0, 0.05) is 5.56 Å². The van der Waals surface area contributed by atoms with E-state index in [1.807, 2.05) is 30.3 Å². The topological polar surface area (TPSA) is 89.0 Å². The van der Waals surface area contributed by atoms with Gasteiger partial charge in [0.05, 0.1) is 28.9 Å². The second-order valence-corrected chi connectivity index (χ2v) is 10.4. The van der Waals surface area contributed by atoms with Crippen molar-refractivity contribution in [2.75, 3.05) is 12.0 Å². The standard InChI is InChI=1S/C32H23FN2O5S/c1-39-23-14-15-25-26(17-23)41-32(34-25)35-28(21-8-5-9-24(16-21)40-18-19-6-3-2-4-7-19)27(30(37)31(35)38)29(36)20-10-12-22(33)13-11-20/h2-17,28,36H,18H2,1H3/b29-27+. The number of nitrogens with zero attached hydrogens (tertiary/aromatic N) is 2. The first-order valence-corrected chi connectivity index (χ1v) is 13.5. The van der Waals surface area contributed by atoms with Crippen LogP contribution in [0.1, 0.15) is 22.7 Å². The second kappa shape index (κ2) is 10.9. The van der Waals surface area contributed by atoms with E-state index in [9.17, 15) is 19.1 Å². The summed E-state index contributed by atoms with van der Waals surface area (Å²) in [5.41, 5.74) is 2.23. The van der Waals surface area contributed by atoms with Gasteiger partial charge < -0.3 is 14.6 Å². The predicted octanol–water partition coefficient (Wildman–Crippen LogP) is 6.65. The summed E-state index contributed by atoms with van der Waals surface area (Å²) in [6.07, 6.45) is 0. The van der Waals surface area contributed by atoms with E-state index < -0.39 is 29.3 Å². The lowest BCUT2D eigenvalue weighted by atomic mass is 9.95. The number of ether oxygens (including phenoxy) is 2. The van der Waals surface area contributed by atoms with Crippen molar-refractivity contribution in [1.29, 1.82) is 0 Å². The number of anilines is 1. The Kier molecular flexibility index (Phi) is 6.94. The smallest absolute Gasteiger partial charge is 0.301 e. The summed E-state index contributed by atoms with van der Waals surface area (Å²) in [7, 11) is 1.56. The molecule has 0 bridgehead atoms. The minimum absolute atomic E-state index is 0.126. The Morgan fingerprint density at radius 3 is 2.49 bits per heavy atom.